The molecule has 0 N–H and O–H groups in total. The van der Waals surface area contributed by atoms with Crippen molar-refractivity contribution in [1.29, 1.82) is 0 Å². The topological polar surface area (TPSA) is 43.6 Å². The predicted octanol–water partition coefficient (Wildman–Crippen LogP) is 3.94. The highest BCUT2D eigenvalue weighted by Crippen LogP contribution is 2.28. The lowest BCUT2D eigenvalue weighted by Gasteiger charge is -2.11. The van der Waals surface area contributed by atoms with Crippen LogP contribution >= 0.6 is 11.6 Å². The third-order valence-corrected chi connectivity index (χ3v) is 3.60. The summed E-state index contributed by atoms with van der Waals surface area (Å²) in [6, 6.07) is 11.9. The first-order valence-electron chi connectivity index (χ1n) is 6.90. The highest BCUT2D eigenvalue weighted by Gasteiger charge is 2.15. The quantitative estimate of drug-likeness (QED) is 0.685. The van der Waals surface area contributed by atoms with Gasteiger partial charge in [-0.15, -0.1) is 0 Å². The lowest BCUT2D eigenvalue weighted by atomic mass is 10.1. The van der Waals surface area contributed by atoms with Gasteiger partial charge in [0, 0.05) is 5.56 Å². The van der Waals surface area contributed by atoms with Crippen LogP contribution in [-0.2, 0) is 6.42 Å². The number of rotatable bonds is 4. The Morgan fingerprint density at radius 1 is 1.10 bits per heavy atom. The number of benzene rings is 1. The van der Waals surface area contributed by atoms with Crippen LogP contribution in [0.15, 0.2) is 48.9 Å². The van der Waals surface area contributed by atoms with Crippen molar-refractivity contribution in [2.75, 3.05) is 0 Å². The fourth-order valence-corrected chi connectivity index (χ4v) is 2.57. The molecule has 3 rings (SSSR count). The molecule has 0 saturated carbocycles. The van der Waals surface area contributed by atoms with E-state index < -0.39 is 0 Å². The van der Waals surface area contributed by atoms with Gasteiger partial charge in [-0.25, -0.2) is 14.6 Å². The zero-order chi connectivity index (χ0) is 14.7. The van der Waals surface area contributed by atoms with Crippen molar-refractivity contribution in [3.8, 4) is 17.1 Å². The van der Waals surface area contributed by atoms with Gasteiger partial charge < -0.3 is 0 Å². The van der Waals surface area contributed by atoms with Gasteiger partial charge in [0.15, 0.2) is 0 Å². The Labute approximate surface area is 128 Å². The molecule has 2 heterocycles. The second-order valence-electron chi connectivity index (χ2n) is 4.71. The zero-order valence-corrected chi connectivity index (χ0v) is 12.5. The molecule has 2 aromatic heterocycles. The summed E-state index contributed by atoms with van der Waals surface area (Å²) in [4.78, 5) is 8.53. The second kappa shape index (κ2) is 6.06. The van der Waals surface area contributed by atoms with Gasteiger partial charge in [-0.05, 0) is 24.6 Å². The van der Waals surface area contributed by atoms with Gasteiger partial charge in [-0.1, -0.05) is 43.1 Å². The molecule has 0 fully saturated rings. The summed E-state index contributed by atoms with van der Waals surface area (Å²) in [5.74, 6) is 0. The van der Waals surface area contributed by atoms with E-state index in [9.17, 15) is 0 Å². The molecule has 0 atom stereocenters. The summed E-state index contributed by atoms with van der Waals surface area (Å²) < 4.78 is 1.87. The first-order chi connectivity index (χ1) is 10.3. The molecule has 0 amide bonds. The molecule has 4 nitrogen and oxygen atoms in total. The van der Waals surface area contributed by atoms with E-state index in [2.05, 4.69) is 22.0 Å². The highest BCUT2D eigenvalue weighted by molar-refractivity contribution is 6.30. The van der Waals surface area contributed by atoms with Gasteiger partial charge in [-0.3, -0.25) is 0 Å². The largest absolute Gasteiger partial charge is 0.234 e. The van der Waals surface area contributed by atoms with Crippen molar-refractivity contribution in [1.82, 2.24) is 19.7 Å². The first kappa shape index (κ1) is 13.8. The maximum Gasteiger partial charge on any atom is 0.136 e. The predicted molar refractivity (Wildman–Crippen MR) is 83.6 cm³/mol. The Kier molecular flexibility index (Phi) is 3.97. The molecule has 0 spiro atoms. The number of nitrogens with zero attached hydrogens (tertiary/aromatic N) is 4. The summed E-state index contributed by atoms with van der Waals surface area (Å²) in [5, 5.41) is 4.92. The van der Waals surface area contributed by atoms with E-state index in [1.54, 1.807) is 6.20 Å². The summed E-state index contributed by atoms with van der Waals surface area (Å²) in [7, 11) is 0. The molecular weight excluding hydrogens is 284 g/mol. The lowest BCUT2D eigenvalue weighted by Crippen LogP contribution is -2.03. The van der Waals surface area contributed by atoms with E-state index in [0.29, 0.717) is 5.15 Å². The molecular formula is C16H15ClN4. The van der Waals surface area contributed by atoms with E-state index in [-0.39, 0.29) is 0 Å². The molecule has 0 saturated heterocycles. The Hall–Kier alpha value is -2.20. The summed E-state index contributed by atoms with van der Waals surface area (Å²) >= 11 is 6.24. The van der Waals surface area contributed by atoms with Crippen LogP contribution in [0.5, 0.6) is 0 Å². The van der Waals surface area contributed by atoms with E-state index in [4.69, 9.17) is 11.6 Å². The number of hydrogen-bond acceptors (Lipinski definition) is 3. The van der Waals surface area contributed by atoms with E-state index in [1.165, 1.54) is 6.33 Å². The van der Waals surface area contributed by atoms with Crippen LogP contribution in [0.2, 0.25) is 5.15 Å². The van der Waals surface area contributed by atoms with Gasteiger partial charge in [0.05, 0.1) is 23.3 Å². The Balaban J connectivity index is 2.15. The fourth-order valence-electron chi connectivity index (χ4n) is 2.34. The second-order valence-corrected chi connectivity index (χ2v) is 5.06. The van der Waals surface area contributed by atoms with Crippen molar-refractivity contribution < 1.29 is 0 Å². The minimum atomic E-state index is 0.516. The maximum absolute atomic E-state index is 6.24. The van der Waals surface area contributed by atoms with Gasteiger partial charge >= 0.3 is 0 Å². The molecule has 0 radical (unpaired) electrons. The zero-order valence-electron chi connectivity index (χ0n) is 11.7. The molecule has 0 bridgehead atoms. The summed E-state index contributed by atoms with van der Waals surface area (Å²) in [6.07, 6.45) is 5.10. The van der Waals surface area contributed by atoms with Gasteiger partial charge in [0.2, 0.25) is 0 Å². The Morgan fingerprint density at radius 2 is 1.90 bits per heavy atom. The van der Waals surface area contributed by atoms with Crippen molar-refractivity contribution >= 4 is 11.6 Å². The van der Waals surface area contributed by atoms with E-state index >= 15 is 0 Å². The molecule has 1 aromatic carbocycles. The van der Waals surface area contributed by atoms with E-state index in [1.807, 2.05) is 41.1 Å². The van der Waals surface area contributed by atoms with Crippen molar-refractivity contribution in [3.63, 3.8) is 0 Å². The lowest BCUT2D eigenvalue weighted by molar-refractivity contribution is 0.866. The summed E-state index contributed by atoms with van der Waals surface area (Å²) in [6.45, 7) is 2.11. The average Bonchev–Trinajstić information content (AvgIpc) is 3.00. The maximum atomic E-state index is 6.24. The van der Waals surface area contributed by atoms with Crippen LogP contribution in [0.4, 0.5) is 0 Å². The van der Waals surface area contributed by atoms with Crippen molar-refractivity contribution in [2.24, 2.45) is 0 Å². The minimum absolute atomic E-state index is 0.516. The number of halogens is 1. The van der Waals surface area contributed by atoms with Crippen LogP contribution in [0.25, 0.3) is 17.1 Å². The third-order valence-electron chi connectivity index (χ3n) is 3.28. The summed E-state index contributed by atoms with van der Waals surface area (Å²) in [5.41, 5.74) is 3.74. The molecule has 5 heteroatoms. The van der Waals surface area contributed by atoms with Gasteiger partial charge in [-0.2, -0.15) is 5.10 Å². The minimum Gasteiger partial charge on any atom is -0.234 e. The highest BCUT2D eigenvalue weighted by atomic mass is 35.5. The molecule has 0 aliphatic heterocycles. The van der Waals surface area contributed by atoms with Crippen LogP contribution in [-0.4, -0.2) is 19.7 Å². The van der Waals surface area contributed by atoms with Crippen LogP contribution in [0.3, 0.4) is 0 Å². The molecule has 0 aliphatic carbocycles. The van der Waals surface area contributed by atoms with Crippen LogP contribution in [0.1, 0.15) is 18.9 Å². The van der Waals surface area contributed by atoms with Crippen molar-refractivity contribution in [3.05, 3.63) is 59.6 Å². The first-order valence-corrected chi connectivity index (χ1v) is 7.28. The average molecular weight is 299 g/mol. The van der Waals surface area contributed by atoms with Gasteiger partial charge in [0.25, 0.3) is 0 Å². The number of aromatic nitrogens is 4. The van der Waals surface area contributed by atoms with E-state index in [0.717, 1.165) is 35.5 Å². The standard InChI is InChI=1S/C16H15ClN4/c1-2-6-13-15(18-11-19-16(13)17)14-9-10-20-21(14)12-7-4-3-5-8-12/h3-5,7-11H,2,6H2,1H3. The Morgan fingerprint density at radius 3 is 2.67 bits per heavy atom. The molecule has 0 unspecified atom stereocenters. The van der Waals surface area contributed by atoms with Crippen molar-refractivity contribution in [2.45, 2.75) is 19.8 Å². The van der Waals surface area contributed by atoms with Gasteiger partial charge in [0.1, 0.15) is 11.5 Å². The number of para-hydroxylation sites is 1. The third kappa shape index (κ3) is 2.67. The molecule has 106 valence electrons. The Bertz CT molecular complexity index is 737. The van der Waals surface area contributed by atoms with Crippen LogP contribution < -0.4 is 0 Å². The SMILES string of the molecule is CCCc1c(Cl)ncnc1-c1ccnn1-c1ccccc1. The molecule has 21 heavy (non-hydrogen) atoms. The fraction of sp³-hybridized carbons (Fsp3) is 0.188. The smallest absolute Gasteiger partial charge is 0.136 e. The normalized spacial score (nSPS) is 10.8. The molecule has 0 aliphatic rings. The van der Waals surface area contributed by atoms with Crippen LogP contribution in [0, 0.1) is 0 Å². The number of hydrogen-bond donors (Lipinski definition) is 0. The molecule has 3 aromatic rings. The monoisotopic (exact) mass is 298 g/mol.